The molecule has 1 aromatic heterocycles. The number of hydrogen-bond acceptors (Lipinski definition) is 6. The van der Waals surface area contributed by atoms with Gasteiger partial charge in [-0.3, -0.25) is 9.52 Å². The van der Waals surface area contributed by atoms with Crippen LogP contribution in [0.25, 0.3) is 0 Å². The summed E-state index contributed by atoms with van der Waals surface area (Å²) in [5, 5.41) is 11.1. The number of carbonyl (C=O) groups excluding carboxylic acids is 1. The molecule has 1 aliphatic carbocycles. The minimum atomic E-state index is -3.80. The van der Waals surface area contributed by atoms with Crippen molar-refractivity contribution in [3.63, 3.8) is 0 Å². The van der Waals surface area contributed by atoms with Gasteiger partial charge < -0.3 is 10.2 Å². The molecule has 1 aromatic carbocycles. The van der Waals surface area contributed by atoms with Crippen molar-refractivity contribution >= 4 is 33.3 Å². The highest BCUT2D eigenvalue weighted by molar-refractivity contribution is 7.92. The van der Waals surface area contributed by atoms with E-state index in [-0.39, 0.29) is 23.0 Å². The quantitative estimate of drug-likeness (QED) is 0.835. The molecule has 2 heterocycles. The Bertz CT molecular complexity index is 939. The van der Waals surface area contributed by atoms with Crippen molar-refractivity contribution in [1.29, 1.82) is 0 Å². The van der Waals surface area contributed by atoms with Crippen LogP contribution in [0, 0.1) is 0 Å². The molecule has 9 heteroatoms. The monoisotopic (exact) mass is 359 g/mol. The average Bonchev–Trinajstić information content (AvgIpc) is 3.35. The summed E-state index contributed by atoms with van der Waals surface area (Å²) >= 11 is 0. The first kappa shape index (κ1) is 15.8. The number of rotatable bonds is 5. The van der Waals surface area contributed by atoms with Gasteiger partial charge in [-0.05, 0) is 48.7 Å². The fourth-order valence-corrected chi connectivity index (χ4v) is 3.76. The highest BCUT2D eigenvalue weighted by Gasteiger charge is 2.26. The van der Waals surface area contributed by atoms with Crippen LogP contribution >= 0.6 is 0 Å². The number of likely N-dealkylation sites (N-methyl/N-ethyl adjacent to an activating group) is 1. The van der Waals surface area contributed by atoms with Gasteiger partial charge in [0.15, 0.2) is 5.82 Å². The minimum Gasteiger partial charge on any atom is -0.366 e. The third-order valence-electron chi connectivity index (χ3n) is 4.27. The second-order valence-electron chi connectivity index (χ2n) is 6.25. The Balaban J connectivity index is 1.53. The van der Waals surface area contributed by atoms with Crippen molar-refractivity contribution in [2.75, 3.05) is 22.0 Å². The molecule has 0 unspecified atom stereocenters. The van der Waals surface area contributed by atoms with Crippen LogP contribution < -0.4 is 14.9 Å². The van der Waals surface area contributed by atoms with E-state index in [1.165, 1.54) is 17.0 Å². The molecule has 0 atom stereocenters. The molecule has 130 valence electrons. The average molecular weight is 359 g/mol. The molecule has 25 heavy (non-hydrogen) atoms. The van der Waals surface area contributed by atoms with E-state index >= 15 is 0 Å². The number of carbonyl (C=O) groups is 1. The molecular formula is C16H17N5O3S. The number of nitrogens with zero attached hydrogens (tertiary/aromatic N) is 3. The Morgan fingerprint density at radius 1 is 1.12 bits per heavy atom. The Kier molecular flexibility index (Phi) is 3.60. The van der Waals surface area contributed by atoms with E-state index < -0.39 is 10.0 Å². The molecule has 1 saturated carbocycles. The topological polar surface area (TPSA) is 104 Å². The van der Waals surface area contributed by atoms with Gasteiger partial charge in [-0.15, -0.1) is 10.2 Å². The minimum absolute atomic E-state index is 0.0536. The van der Waals surface area contributed by atoms with Crippen molar-refractivity contribution in [2.45, 2.75) is 30.2 Å². The van der Waals surface area contributed by atoms with Gasteiger partial charge in [-0.1, -0.05) is 0 Å². The van der Waals surface area contributed by atoms with Gasteiger partial charge in [0.25, 0.3) is 10.0 Å². The van der Waals surface area contributed by atoms with E-state index in [1.807, 2.05) is 0 Å². The van der Waals surface area contributed by atoms with Crippen LogP contribution in [0.15, 0.2) is 35.2 Å². The zero-order valence-electron chi connectivity index (χ0n) is 13.6. The van der Waals surface area contributed by atoms with Crippen molar-refractivity contribution in [1.82, 2.24) is 10.2 Å². The highest BCUT2D eigenvalue weighted by atomic mass is 32.2. The molecule has 2 aliphatic rings. The van der Waals surface area contributed by atoms with E-state index in [0.29, 0.717) is 17.4 Å². The molecule has 2 aromatic rings. The van der Waals surface area contributed by atoms with E-state index in [1.54, 1.807) is 25.2 Å². The van der Waals surface area contributed by atoms with Crippen LogP contribution in [0.1, 0.15) is 18.4 Å². The smallest absolute Gasteiger partial charge is 0.263 e. The molecular weight excluding hydrogens is 342 g/mol. The molecule has 0 saturated heterocycles. The molecule has 8 nitrogen and oxygen atoms in total. The van der Waals surface area contributed by atoms with E-state index in [9.17, 15) is 13.2 Å². The molecule has 0 spiro atoms. The predicted molar refractivity (Wildman–Crippen MR) is 93.0 cm³/mol. The number of sulfonamides is 1. The second-order valence-corrected chi connectivity index (χ2v) is 7.93. The lowest BCUT2D eigenvalue weighted by Crippen LogP contribution is -2.20. The van der Waals surface area contributed by atoms with Gasteiger partial charge in [0.05, 0.1) is 11.3 Å². The van der Waals surface area contributed by atoms with Crippen molar-refractivity contribution in [2.24, 2.45) is 0 Å². The number of benzene rings is 1. The van der Waals surface area contributed by atoms with Crippen LogP contribution in [0.3, 0.4) is 0 Å². The fraction of sp³-hybridized carbons (Fsp3) is 0.312. The molecule has 1 amide bonds. The first-order valence-electron chi connectivity index (χ1n) is 7.95. The summed E-state index contributed by atoms with van der Waals surface area (Å²) in [6, 6.07) is 8.36. The van der Waals surface area contributed by atoms with Gasteiger partial charge in [-0.2, -0.15) is 0 Å². The summed E-state index contributed by atoms with van der Waals surface area (Å²) in [4.78, 5) is 13.4. The summed E-state index contributed by atoms with van der Waals surface area (Å²) in [6.45, 7) is 0. The van der Waals surface area contributed by atoms with Crippen molar-refractivity contribution in [3.8, 4) is 0 Å². The van der Waals surface area contributed by atoms with Gasteiger partial charge >= 0.3 is 0 Å². The molecule has 1 aliphatic heterocycles. The summed E-state index contributed by atoms with van der Waals surface area (Å²) in [6.07, 6.45) is 2.44. The summed E-state index contributed by atoms with van der Waals surface area (Å²) in [5.74, 6) is 0.724. The van der Waals surface area contributed by atoms with Gasteiger partial charge in [0.1, 0.15) is 5.82 Å². The largest absolute Gasteiger partial charge is 0.366 e. The van der Waals surface area contributed by atoms with Crippen LogP contribution in [-0.2, 0) is 21.2 Å². The lowest BCUT2D eigenvalue weighted by molar-refractivity contribution is -0.117. The molecule has 1 fully saturated rings. The van der Waals surface area contributed by atoms with Crippen LogP contribution in [0.5, 0.6) is 0 Å². The normalized spacial score (nSPS) is 16.7. The summed E-state index contributed by atoms with van der Waals surface area (Å²) in [5.41, 5.74) is 1.43. The Hall–Kier alpha value is -2.68. The third kappa shape index (κ3) is 3.14. The first-order valence-corrected chi connectivity index (χ1v) is 9.43. The van der Waals surface area contributed by atoms with Crippen molar-refractivity contribution in [3.05, 3.63) is 35.9 Å². The van der Waals surface area contributed by atoms with Crippen LogP contribution in [0.4, 0.5) is 17.3 Å². The van der Waals surface area contributed by atoms with E-state index in [2.05, 4.69) is 20.2 Å². The number of fused-ring (bicyclic) bond motifs is 1. The fourth-order valence-electron chi connectivity index (χ4n) is 2.71. The number of aromatic nitrogens is 2. The van der Waals surface area contributed by atoms with Crippen molar-refractivity contribution < 1.29 is 13.2 Å². The van der Waals surface area contributed by atoms with Crippen LogP contribution in [-0.4, -0.2) is 37.6 Å². The second kappa shape index (κ2) is 5.69. The molecule has 4 rings (SSSR count). The van der Waals surface area contributed by atoms with E-state index in [4.69, 9.17) is 0 Å². The Morgan fingerprint density at radius 2 is 1.84 bits per heavy atom. The predicted octanol–water partition coefficient (Wildman–Crippen LogP) is 1.37. The zero-order valence-corrected chi connectivity index (χ0v) is 14.4. The lowest BCUT2D eigenvalue weighted by Gasteiger charge is -2.11. The summed E-state index contributed by atoms with van der Waals surface area (Å²) in [7, 11) is -2.12. The van der Waals surface area contributed by atoms with Gasteiger partial charge in [0, 0.05) is 18.8 Å². The standard InChI is InChI=1S/C16H17N5O3S/c1-21-13-5-4-12(8-10(13)9-16(21)22)25(23,24)20-15-7-6-14(18-19-15)17-11-2-3-11/h4-8,11H,2-3,9H2,1H3,(H,17,18)(H,19,20). The maximum atomic E-state index is 12.5. The SMILES string of the molecule is CN1C(=O)Cc2cc(S(=O)(=O)Nc3ccc(NC4CC4)nn3)ccc21. The number of amides is 1. The third-order valence-corrected chi connectivity index (χ3v) is 5.62. The highest BCUT2D eigenvalue weighted by Crippen LogP contribution is 2.30. The first-order chi connectivity index (χ1) is 11.9. The molecule has 2 N–H and O–H groups in total. The molecule has 0 bridgehead atoms. The maximum absolute atomic E-state index is 12.5. The number of hydrogen-bond donors (Lipinski definition) is 2. The zero-order chi connectivity index (χ0) is 17.6. The number of anilines is 3. The lowest BCUT2D eigenvalue weighted by atomic mass is 10.2. The number of nitrogens with one attached hydrogen (secondary N) is 2. The summed E-state index contributed by atoms with van der Waals surface area (Å²) < 4.78 is 27.5. The van der Waals surface area contributed by atoms with E-state index in [0.717, 1.165) is 18.5 Å². The Morgan fingerprint density at radius 3 is 2.52 bits per heavy atom. The maximum Gasteiger partial charge on any atom is 0.263 e. The van der Waals surface area contributed by atoms with Gasteiger partial charge in [0.2, 0.25) is 5.91 Å². The Labute approximate surface area is 145 Å². The van der Waals surface area contributed by atoms with Gasteiger partial charge in [-0.25, -0.2) is 8.42 Å². The molecule has 0 radical (unpaired) electrons. The van der Waals surface area contributed by atoms with Crippen LogP contribution in [0.2, 0.25) is 0 Å².